The lowest BCUT2D eigenvalue weighted by atomic mass is 9.96. The smallest absolute Gasteiger partial charge is 0.306 e. The van der Waals surface area contributed by atoms with E-state index < -0.39 is 5.97 Å². The van der Waals surface area contributed by atoms with Gasteiger partial charge in [0.2, 0.25) is 0 Å². The molecule has 1 saturated heterocycles. The molecule has 1 N–H and O–H groups in total. The summed E-state index contributed by atoms with van der Waals surface area (Å²) in [5.74, 6) is -1.04. The highest BCUT2D eigenvalue weighted by molar-refractivity contribution is 7.17. The summed E-state index contributed by atoms with van der Waals surface area (Å²) < 4.78 is 1.12. The minimum absolute atomic E-state index is 0.0222. The topological polar surface area (TPSA) is 57.6 Å². The third-order valence-electron chi connectivity index (χ3n) is 4.09. The maximum atomic E-state index is 12.6. The van der Waals surface area contributed by atoms with E-state index in [2.05, 4.69) is 6.07 Å². The first kappa shape index (κ1) is 14.1. The molecule has 1 aromatic heterocycles. The first-order valence-corrected chi connectivity index (χ1v) is 7.94. The van der Waals surface area contributed by atoms with Gasteiger partial charge in [-0.25, -0.2) is 0 Å². The van der Waals surface area contributed by atoms with Gasteiger partial charge in [-0.1, -0.05) is 12.1 Å². The monoisotopic (exact) mass is 303 g/mol. The number of piperidine rings is 1. The molecule has 2 aromatic rings. The zero-order chi connectivity index (χ0) is 15.0. The van der Waals surface area contributed by atoms with E-state index >= 15 is 0 Å². The standard InChI is InChI=1S/C16H17NO3S/c1-10-2-3-12-13(9-21-14(12)8-10)15(18)17-6-4-11(5-7-17)16(19)20/h2-3,8-9,11H,4-7H2,1H3,(H,19,20). The summed E-state index contributed by atoms with van der Waals surface area (Å²) in [5, 5.41) is 11.9. The number of thiophene rings is 1. The van der Waals surface area contributed by atoms with Crippen LogP contribution in [0.25, 0.3) is 10.1 Å². The van der Waals surface area contributed by atoms with Crippen molar-refractivity contribution in [3.8, 4) is 0 Å². The molecular formula is C16H17NO3S. The largest absolute Gasteiger partial charge is 0.481 e. The van der Waals surface area contributed by atoms with Crippen LogP contribution >= 0.6 is 11.3 Å². The van der Waals surface area contributed by atoms with Gasteiger partial charge in [-0.3, -0.25) is 9.59 Å². The molecule has 1 amide bonds. The third-order valence-corrected chi connectivity index (χ3v) is 5.04. The average Bonchev–Trinajstić information content (AvgIpc) is 2.89. The predicted molar refractivity (Wildman–Crippen MR) is 82.8 cm³/mol. The van der Waals surface area contributed by atoms with Gasteiger partial charge in [0.25, 0.3) is 5.91 Å². The lowest BCUT2D eigenvalue weighted by molar-refractivity contribution is -0.143. The Morgan fingerprint density at radius 2 is 2.00 bits per heavy atom. The van der Waals surface area contributed by atoms with Crippen LogP contribution < -0.4 is 0 Å². The number of likely N-dealkylation sites (tertiary alicyclic amines) is 1. The molecule has 0 saturated carbocycles. The predicted octanol–water partition coefficient (Wildman–Crippen LogP) is 3.15. The highest BCUT2D eigenvalue weighted by Gasteiger charge is 2.28. The molecule has 2 heterocycles. The molecule has 5 heteroatoms. The number of carboxylic acid groups (broad SMARTS) is 1. The van der Waals surface area contributed by atoms with Crippen LogP contribution in [0.2, 0.25) is 0 Å². The van der Waals surface area contributed by atoms with Crippen LogP contribution in [0.15, 0.2) is 23.6 Å². The van der Waals surface area contributed by atoms with Crippen molar-refractivity contribution in [3.63, 3.8) is 0 Å². The maximum absolute atomic E-state index is 12.6. The Labute approximate surface area is 127 Å². The van der Waals surface area contributed by atoms with E-state index in [4.69, 9.17) is 5.11 Å². The molecule has 0 aliphatic carbocycles. The second-order valence-corrected chi connectivity index (χ2v) is 6.46. The number of aliphatic carboxylic acids is 1. The van der Waals surface area contributed by atoms with Crippen LogP contribution in [0.3, 0.4) is 0 Å². The summed E-state index contributed by atoms with van der Waals surface area (Å²) >= 11 is 1.58. The first-order chi connectivity index (χ1) is 10.1. The average molecular weight is 303 g/mol. The van der Waals surface area contributed by atoms with Crippen molar-refractivity contribution in [2.24, 2.45) is 5.92 Å². The minimum Gasteiger partial charge on any atom is -0.481 e. The second kappa shape index (κ2) is 5.48. The van der Waals surface area contributed by atoms with E-state index in [9.17, 15) is 9.59 Å². The Balaban J connectivity index is 1.80. The molecule has 110 valence electrons. The zero-order valence-corrected chi connectivity index (χ0v) is 12.7. The van der Waals surface area contributed by atoms with E-state index in [1.165, 1.54) is 5.56 Å². The fourth-order valence-corrected chi connectivity index (χ4v) is 3.83. The van der Waals surface area contributed by atoms with Gasteiger partial charge >= 0.3 is 5.97 Å². The normalized spacial score (nSPS) is 16.3. The summed E-state index contributed by atoms with van der Waals surface area (Å²) in [4.78, 5) is 25.4. The Bertz CT molecular complexity index is 699. The quantitative estimate of drug-likeness (QED) is 0.927. The molecule has 3 rings (SSSR count). The van der Waals surface area contributed by atoms with Crippen LogP contribution in [-0.4, -0.2) is 35.0 Å². The minimum atomic E-state index is -0.751. The van der Waals surface area contributed by atoms with E-state index in [1.54, 1.807) is 16.2 Å². The van der Waals surface area contributed by atoms with Crippen molar-refractivity contribution in [1.82, 2.24) is 4.90 Å². The van der Waals surface area contributed by atoms with E-state index in [1.807, 2.05) is 24.4 Å². The van der Waals surface area contributed by atoms with Crippen molar-refractivity contribution in [3.05, 3.63) is 34.7 Å². The zero-order valence-electron chi connectivity index (χ0n) is 11.8. The van der Waals surface area contributed by atoms with Gasteiger partial charge < -0.3 is 10.0 Å². The fraction of sp³-hybridized carbons (Fsp3) is 0.375. The van der Waals surface area contributed by atoms with Gasteiger partial charge in [0.05, 0.1) is 11.5 Å². The van der Waals surface area contributed by atoms with Crippen molar-refractivity contribution < 1.29 is 14.7 Å². The molecule has 21 heavy (non-hydrogen) atoms. The number of carbonyl (C=O) groups is 2. The number of hydrogen-bond donors (Lipinski definition) is 1. The summed E-state index contributed by atoms with van der Waals surface area (Å²) in [6, 6.07) is 6.11. The number of carbonyl (C=O) groups excluding carboxylic acids is 1. The number of amides is 1. The molecule has 1 aromatic carbocycles. The van der Waals surface area contributed by atoms with Crippen molar-refractivity contribution in [2.45, 2.75) is 19.8 Å². The Morgan fingerprint density at radius 3 is 2.67 bits per heavy atom. The summed E-state index contributed by atoms with van der Waals surface area (Å²) in [6.07, 6.45) is 1.09. The number of benzene rings is 1. The molecule has 0 spiro atoms. The van der Waals surface area contributed by atoms with Crippen molar-refractivity contribution >= 4 is 33.3 Å². The van der Waals surface area contributed by atoms with Gasteiger partial charge in [0, 0.05) is 28.6 Å². The molecule has 1 aliphatic heterocycles. The Hall–Kier alpha value is -1.88. The lowest BCUT2D eigenvalue weighted by Crippen LogP contribution is -2.40. The number of hydrogen-bond acceptors (Lipinski definition) is 3. The second-order valence-electron chi connectivity index (χ2n) is 5.55. The molecule has 0 unspecified atom stereocenters. The summed E-state index contributed by atoms with van der Waals surface area (Å²) in [5.41, 5.74) is 1.93. The SMILES string of the molecule is Cc1ccc2c(C(=O)N3CCC(C(=O)O)CC3)csc2c1. The third kappa shape index (κ3) is 2.65. The highest BCUT2D eigenvalue weighted by Crippen LogP contribution is 2.29. The molecule has 0 radical (unpaired) electrons. The van der Waals surface area contributed by atoms with Gasteiger partial charge in [-0.05, 0) is 31.4 Å². The van der Waals surface area contributed by atoms with Gasteiger partial charge in [0.15, 0.2) is 0 Å². The van der Waals surface area contributed by atoms with Crippen LogP contribution in [0.5, 0.6) is 0 Å². The van der Waals surface area contributed by atoms with Crippen LogP contribution in [-0.2, 0) is 4.79 Å². The van der Waals surface area contributed by atoms with E-state index in [-0.39, 0.29) is 11.8 Å². The van der Waals surface area contributed by atoms with Gasteiger partial charge in [-0.2, -0.15) is 0 Å². The highest BCUT2D eigenvalue weighted by atomic mass is 32.1. The summed E-state index contributed by atoms with van der Waals surface area (Å²) in [7, 11) is 0. The molecule has 1 fully saturated rings. The Kier molecular flexibility index (Phi) is 3.68. The van der Waals surface area contributed by atoms with Crippen LogP contribution in [0.4, 0.5) is 0 Å². The van der Waals surface area contributed by atoms with Crippen molar-refractivity contribution in [1.29, 1.82) is 0 Å². The molecule has 0 atom stereocenters. The number of aryl methyl sites for hydroxylation is 1. The van der Waals surface area contributed by atoms with Crippen LogP contribution in [0.1, 0.15) is 28.8 Å². The van der Waals surface area contributed by atoms with E-state index in [0.29, 0.717) is 25.9 Å². The summed E-state index contributed by atoms with van der Waals surface area (Å²) in [6.45, 7) is 3.09. The van der Waals surface area contributed by atoms with Gasteiger partial charge in [-0.15, -0.1) is 11.3 Å². The number of nitrogens with zero attached hydrogens (tertiary/aromatic N) is 1. The molecule has 0 bridgehead atoms. The van der Waals surface area contributed by atoms with Crippen LogP contribution in [0, 0.1) is 12.8 Å². The molecule has 4 nitrogen and oxygen atoms in total. The number of fused-ring (bicyclic) bond motifs is 1. The molecular weight excluding hydrogens is 286 g/mol. The number of rotatable bonds is 2. The van der Waals surface area contributed by atoms with Gasteiger partial charge in [0.1, 0.15) is 0 Å². The Morgan fingerprint density at radius 1 is 1.29 bits per heavy atom. The maximum Gasteiger partial charge on any atom is 0.306 e. The fourth-order valence-electron chi connectivity index (χ4n) is 2.80. The number of carboxylic acids is 1. The van der Waals surface area contributed by atoms with Crippen molar-refractivity contribution in [2.75, 3.05) is 13.1 Å². The molecule has 1 aliphatic rings. The van der Waals surface area contributed by atoms with E-state index in [0.717, 1.165) is 15.6 Å². The lowest BCUT2D eigenvalue weighted by Gasteiger charge is -2.30. The first-order valence-electron chi connectivity index (χ1n) is 7.06.